The van der Waals surface area contributed by atoms with E-state index in [2.05, 4.69) is 15.3 Å². The summed E-state index contributed by atoms with van der Waals surface area (Å²) in [7, 11) is 1.79. The minimum atomic E-state index is -4.40. The molecule has 1 aromatic carbocycles. The van der Waals surface area contributed by atoms with Gasteiger partial charge in [-0.05, 0) is 25.2 Å². The van der Waals surface area contributed by atoms with Crippen molar-refractivity contribution in [1.29, 1.82) is 0 Å². The minimum absolute atomic E-state index is 0.0715. The van der Waals surface area contributed by atoms with Crippen LogP contribution in [0.15, 0.2) is 18.2 Å². The van der Waals surface area contributed by atoms with Gasteiger partial charge >= 0.3 is 6.18 Å². The van der Waals surface area contributed by atoms with Gasteiger partial charge in [0.15, 0.2) is 0 Å². The third kappa shape index (κ3) is 2.93. The van der Waals surface area contributed by atoms with E-state index in [1.54, 1.807) is 7.05 Å². The number of hydrogen-bond donors (Lipinski definition) is 2. The Morgan fingerprint density at radius 1 is 1.26 bits per heavy atom. The van der Waals surface area contributed by atoms with Crippen molar-refractivity contribution in [1.82, 2.24) is 15.3 Å². The van der Waals surface area contributed by atoms with Gasteiger partial charge in [0.1, 0.15) is 11.6 Å². The fraction of sp³-hybridized carbons (Fsp3) is 0.333. The quantitative estimate of drug-likeness (QED) is 0.895. The highest BCUT2D eigenvalue weighted by molar-refractivity contribution is 5.88. The van der Waals surface area contributed by atoms with Crippen LogP contribution in [0.25, 0.3) is 10.9 Å². The number of nitrogen functional groups attached to an aromatic ring is 1. The highest BCUT2D eigenvalue weighted by atomic mass is 19.4. The lowest BCUT2D eigenvalue weighted by Gasteiger charge is -2.09. The number of benzene rings is 1. The monoisotopic (exact) mass is 270 g/mol. The number of aromatic nitrogens is 2. The number of rotatable bonds is 3. The van der Waals surface area contributed by atoms with Crippen LogP contribution in [-0.2, 0) is 12.6 Å². The predicted octanol–water partition coefficient (Wildman–Crippen LogP) is 1.99. The van der Waals surface area contributed by atoms with Crippen LogP contribution in [0.5, 0.6) is 0 Å². The Morgan fingerprint density at radius 3 is 2.63 bits per heavy atom. The molecule has 0 aliphatic carbocycles. The Bertz CT molecular complexity index is 595. The standard InChI is InChI=1S/C12H13F3N4/c1-17-5-4-10-18-9-3-2-7(12(13,14)15)6-8(9)11(16)19-10/h2-3,6,17H,4-5H2,1H3,(H2,16,18,19). The Morgan fingerprint density at radius 2 is 2.00 bits per heavy atom. The molecule has 3 N–H and O–H groups in total. The molecule has 0 fully saturated rings. The van der Waals surface area contributed by atoms with Gasteiger partial charge in [-0.2, -0.15) is 13.2 Å². The normalized spacial score (nSPS) is 12.0. The van der Waals surface area contributed by atoms with E-state index < -0.39 is 11.7 Å². The summed E-state index contributed by atoms with van der Waals surface area (Å²) in [6.07, 6.45) is -3.83. The molecule has 0 bridgehead atoms. The van der Waals surface area contributed by atoms with Crippen molar-refractivity contribution < 1.29 is 13.2 Å². The molecule has 0 atom stereocenters. The second-order valence-corrected chi connectivity index (χ2v) is 4.11. The zero-order chi connectivity index (χ0) is 14.0. The van der Waals surface area contributed by atoms with Gasteiger partial charge in [-0.3, -0.25) is 0 Å². The molecule has 1 heterocycles. The van der Waals surface area contributed by atoms with Crippen LogP contribution in [0.3, 0.4) is 0 Å². The van der Waals surface area contributed by atoms with E-state index in [1.165, 1.54) is 6.07 Å². The van der Waals surface area contributed by atoms with E-state index in [0.717, 1.165) is 12.1 Å². The number of nitrogens with zero attached hydrogens (tertiary/aromatic N) is 2. The van der Waals surface area contributed by atoms with Crippen LogP contribution in [0, 0.1) is 0 Å². The van der Waals surface area contributed by atoms with Gasteiger partial charge in [-0.25, -0.2) is 9.97 Å². The number of fused-ring (bicyclic) bond motifs is 1. The third-order valence-corrected chi connectivity index (χ3v) is 2.70. The first kappa shape index (κ1) is 13.5. The van der Waals surface area contributed by atoms with Crippen LogP contribution < -0.4 is 11.1 Å². The summed E-state index contributed by atoms with van der Waals surface area (Å²) in [4.78, 5) is 8.22. The Hall–Kier alpha value is -1.89. The molecule has 2 rings (SSSR count). The summed E-state index contributed by atoms with van der Waals surface area (Å²) in [5, 5.41) is 3.17. The van der Waals surface area contributed by atoms with Crippen LogP contribution >= 0.6 is 0 Å². The van der Waals surface area contributed by atoms with Crippen molar-refractivity contribution in [2.24, 2.45) is 0 Å². The molecular weight excluding hydrogens is 257 g/mol. The number of nitrogens with two attached hydrogens (primary N) is 1. The van der Waals surface area contributed by atoms with E-state index in [9.17, 15) is 13.2 Å². The predicted molar refractivity (Wildman–Crippen MR) is 66.6 cm³/mol. The fourth-order valence-electron chi connectivity index (χ4n) is 1.73. The minimum Gasteiger partial charge on any atom is -0.383 e. The second kappa shape index (κ2) is 5.00. The van der Waals surface area contributed by atoms with Gasteiger partial charge in [0.2, 0.25) is 0 Å². The fourth-order valence-corrected chi connectivity index (χ4v) is 1.73. The summed E-state index contributed by atoms with van der Waals surface area (Å²) < 4.78 is 37.8. The molecule has 19 heavy (non-hydrogen) atoms. The van der Waals surface area contributed by atoms with Gasteiger partial charge < -0.3 is 11.1 Å². The van der Waals surface area contributed by atoms with E-state index in [-0.39, 0.29) is 11.2 Å². The van der Waals surface area contributed by atoms with Gasteiger partial charge in [-0.15, -0.1) is 0 Å². The average Bonchev–Trinajstić information content (AvgIpc) is 2.35. The highest BCUT2D eigenvalue weighted by Gasteiger charge is 2.30. The van der Waals surface area contributed by atoms with E-state index in [1.807, 2.05) is 0 Å². The molecule has 0 saturated heterocycles. The molecule has 1 aromatic heterocycles. The molecular formula is C12H13F3N4. The third-order valence-electron chi connectivity index (χ3n) is 2.70. The largest absolute Gasteiger partial charge is 0.416 e. The first-order valence-corrected chi connectivity index (χ1v) is 5.70. The van der Waals surface area contributed by atoms with Crippen LogP contribution in [0.4, 0.5) is 19.0 Å². The SMILES string of the molecule is CNCCc1nc(N)c2cc(C(F)(F)F)ccc2n1. The maximum atomic E-state index is 12.6. The smallest absolute Gasteiger partial charge is 0.383 e. The maximum Gasteiger partial charge on any atom is 0.416 e. The Balaban J connectivity index is 2.48. The van der Waals surface area contributed by atoms with Crippen molar-refractivity contribution in [2.45, 2.75) is 12.6 Å². The topological polar surface area (TPSA) is 63.8 Å². The molecule has 0 amide bonds. The lowest BCUT2D eigenvalue weighted by molar-refractivity contribution is -0.137. The molecule has 0 saturated carbocycles. The molecule has 2 aromatic rings. The van der Waals surface area contributed by atoms with Crippen molar-refractivity contribution in [3.05, 3.63) is 29.6 Å². The van der Waals surface area contributed by atoms with E-state index >= 15 is 0 Å². The number of anilines is 1. The Labute approximate surface area is 107 Å². The number of halogens is 3. The molecule has 0 aliphatic rings. The van der Waals surface area contributed by atoms with Gasteiger partial charge in [0.05, 0.1) is 11.1 Å². The second-order valence-electron chi connectivity index (χ2n) is 4.11. The van der Waals surface area contributed by atoms with Crippen LogP contribution in [-0.4, -0.2) is 23.6 Å². The molecule has 0 spiro atoms. The molecule has 0 aliphatic heterocycles. The van der Waals surface area contributed by atoms with Crippen LogP contribution in [0.1, 0.15) is 11.4 Å². The summed E-state index contributed by atoms with van der Waals surface area (Å²) in [5.41, 5.74) is 5.37. The molecule has 7 heteroatoms. The number of likely N-dealkylation sites (N-methyl/N-ethyl adjacent to an activating group) is 1. The summed E-state index contributed by atoms with van der Waals surface area (Å²) >= 11 is 0. The first-order chi connectivity index (χ1) is 8.91. The zero-order valence-electron chi connectivity index (χ0n) is 10.3. The molecule has 4 nitrogen and oxygen atoms in total. The van der Waals surface area contributed by atoms with Crippen LogP contribution in [0.2, 0.25) is 0 Å². The summed E-state index contributed by atoms with van der Waals surface area (Å²) in [6, 6.07) is 3.29. The first-order valence-electron chi connectivity index (χ1n) is 5.70. The average molecular weight is 270 g/mol. The van der Waals surface area contributed by atoms with Crippen molar-refractivity contribution >= 4 is 16.7 Å². The van der Waals surface area contributed by atoms with E-state index in [0.29, 0.717) is 24.3 Å². The summed E-state index contributed by atoms with van der Waals surface area (Å²) in [5.74, 6) is 0.585. The Kier molecular flexibility index (Phi) is 3.57. The van der Waals surface area contributed by atoms with Gasteiger partial charge in [0.25, 0.3) is 0 Å². The molecule has 0 radical (unpaired) electrons. The van der Waals surface area contributed by atoms with Crippen molar-refractivity contribution in [2.75, 3.05) is 19.3 Å². The maximum absolute atomic E-state index is 12.6. The molecule has 102 valence electrons. The van der Waals surface area contributed by atoms with Crippen molar-refractivity contribution in [3.8, 4) is 0 Å². The van der Waals surface area contributed by atoms with E-state index in [4.69, 9.17) is 5.73 Å². The number of hydrogen-bond acceptors (Lipinski definition) is 4. The number of nitrogens with one attached hydrogen (secondary N) is 1. The van der Waals surface area contributed by atoms with Gasteiger partial charge in [0, 0.05) is 18.4 Å². The highest BCUT2D eigenvalue weighted by Crippen LogP contribution is 2.32. The van der Waals surface area contributed by atoms with Gasteiger partial charge in [-0.1, -0.05) is 0 Å². The lowest BCUT2D eigenvalue weighted by Crippen LogP contribution is -2.13. The number of alkyl halides is 3. The molecule has 0 unspecified atom stereocenters. The zero-order valence-corrected chi connectivity index (χ0v) is 10.3. The van der Waals surface area contributed by atoms with Crippen molar-refractivity contribution in [3.63, 3.8) is 0 Å². The lowest BCUT2D eigenvalue weighted by atomic mass is 10.1. The summed E-state index contributed by atoms with van der Waals surface area (Å²) in [6.45, 7) is 0.672.